The van der Waals surface area contributed by atoms with E-state index >= 15 is 0 Å². The van der Waals surface area contributed by atoms with Gasteiger partial charge in [0, 0.05) is 44.2 Å². The number of aliphatic hydroxyl groups is 1. The third-order valence-electron chi connectivity index (χ3n) is 7.96. The van der Waals surface area contributed by atoms with Crippen molar-refractivity contribution in [3.05, 3.63) is 95.1 Å². The van der Waals surface area contributed by atoms with E-state index in [1.54, 1.807) is 21.9 Å². The van der Waals surface area contributed by atoms with Gasteiger partial charge in [0.25, 0.3) is 0 Å². The normalized spacial score (nSPS) is 17.7. The van der Waals surface area contributed by atoms with Gasteiger partial charge in [-0.15, -0.1) is 5.10 Å². The summed E-state index contributed by atoms with van der Waals surface area (Å²) >= 11 is 1.54. The van der Waals surface area contributed by atoms with Gasteiger partial charge in [-0.3, -0.25) is 14.8 Å². The Morgan fingerprint density at radius 3 is 2.36 bits per heavy atom. The van der Waals surface area contributed by atoms with Crippen LogP contribution in [0.25, 0.3) is 11.1 Å². The molecule has 47 heavy (non-hydrogen) atoms. The van der Waals surface area contributed by atoms with Crippen molar-refractivity contribution in [3.63, 3.8) is 0 Å². The zero-order valence-corrected chi connectivity index (χ0v) is 27.1. The largest absolute Gasteiger partial charge is 0.392 e. The Morgan fingerprint density at radius 1 is 0.915 bits per heavy atom. The van der Waals surface area contributed by atoms with E-state index in [0.29, 0.717) is 43.1 Å². The summed E-state index contributed by atoms with van der Waals surface area (Å²) in [6.45, 7) is 0.412. The number of nitrogens with one attached hydrogen (secondary N) is 2. The summed E-state index contributed by atoms with van der Waals surface area (Å²) in [5.74, 6) is 0.210. The Labute approximate surface area is 277 Å². The molecule has 0 aliphatic carbocycles. The number of aliphatic hydroxyl groups excluding tert-OH is 1. The molecule has 3 aromatic carbocycles. The Morgan fingerprint density at radius 2 is 1.66 bits per heavy atom. The van der Waals surface area contributed by atoms with Gasteiger partial charge >= 0.3 is 0 Å². The number of amides is 2. The second-order valence-electron chi connectivity index (χ2n) is 11.4. The maximum atomic E-state index is 12.3. The van der Waals surface area contributed by atoms with E-state index in [1.165, 1.54) is 0 Å². The quantitative estimate of drug-likeness (QED) is 0.0605. The zero-order chi connectivity index (χ0) is 33.0. The number of unbranched alkanes of at least 4 members (excludes halogenated alkanes) is 2. The third-order valence-corrected chi connectivity index (χ3v) is 9.10. The summed E-state index contributed by atoms with van der Waals surface area (Å²) in [6.07, 6.45) is 2.47. The first kappa shape index (κ1) is 34.2. The fourth-order valence-corrected chi connectivity index (χ4v) is 6.19. The number of carbonyl (C=O) groups excluding carboxylic acids is 2. The minimum atomic E-state index is -0.572. The van der Waals surface area contributed by atoms with E-state index in [4.69, 9.17) is 14.7 Å². The fourth-order valence-electron chi connectivity index (χ4n) is 5.32. The van der Waals surface area contributed by atoms with Gasteiger partial charge in [-0.05, 0) is 57.2 Å². The van der Waals surface area contributed by atoms with Gasteiger partial charge in [-0.25, -0.2) is 10.2 Å². The maximum absolute atomic E-state index is 12.3. The number of nitrogens with zero attached hydrogens (tertiary/aromatic N) is 4. The smallest absolute Gasteiger partial charge is 0.243 e. The lowest BCUT2D eigenvalue weighted by atomic mass is 9.99. The number of hydrogen-bond acceptors (Lipinski definition) is 10. The highest BCUT2D eigenvalue weighted by atomic mass is 32.2. The number of rotatable bonds is 15. The van der Waals surface area contributed by atoms with Crippen LogP contribution in [0, 0.1) is 0 Å². The molecular weight excluding hydrogens is 620 g/mol. The first-order valence-electron chi connectivity index (χ1n) is 15.7. The SMILES string of the molecule is Cn1nnnc1SC[C@@H]1C[C@H](c2ccc(CO)cc2)O[C@H](c2ccc(-c3cccc(CNC(=O)CCCCCC(=O)NO)c3)cc2)O1. The highest BCUT2D eigenvalue weighted by Crippen LogP contribution is 2.39. The van der Waals surface area contributed by atoms with Crippen molar-refractivity contribution in [3.8, 4) is 11.1 Å². The standard InChI is InChI=1S/C34H40N6O6S/c1-40-34(36-38-39-40)47-22-29-19-30(26-12-10-23(21-41)11-13-26)46-33(45-29)27-16-14-25(15-17-27)28-7-5-6-24(18-28)20-35-31(42)8-3-2-4-9-32(43)37-44/h5-7,10-18,29-30,33,41,44H,2-4,8-9,19-22H2,1H3,(H,35,42)(H,37,43)/t29-,30+,33+/m0/s1. The van der Waals surface area contributed by atoms with Crippen molar-refractivity contribution in [2.45, 2.75) is 75.3 Å². The summed E-state index contributed by atoms with van der Waals surface area (Å²) in [7, 11) is 1.81. The molecule has 0 radical (unpaired) electrons. The van der Waals surface area contributed by atoms with Crippen LogP contribution in [0.3, 0.4) is 0 Å². The number of aryl methyl sites for hydroxylation is 1. The summed E-state index contributed by atoms with van der Waals surface area (Å²) in [4.78, 5) is 23.4. The van der Waals surface area contributed by atoms with Crippen molar-refractivity contribution < 1.29 is 29.4 Å². The minimum Gasteiger partial charge on any atom is -0.392 e. The van der Waals surface area contributed by atoms with E-state index in [2.05, 4.69) is 26.9 Å². The second-order valence-corrected chi connectivity index (χ2v) is 12.4. The van der Waals surface area contributed by atoms with Gasteiger partial charge in [0.2, 0.25) is 17.0 Å². The predicted molar refractivity (Wildman–Crippen MR) is 175 cm³/mol. The average Bonchev–Trinajstić information content (AvgIpc) is 3.53. The van der Waals surface area contributed by atoms with Gasteiger partial charge in [0.05, 0.1) is 18.8 Å². The molecule has 2 heterocycles. The Kier molecular flexibility index (Phi) is 12.5. The Balaban J connectivity index is 1.20. The lowest BCUT2D eigenvalue weighted by Crippen LogP contribution is -2.31. The number of ether oxygens (including phenoxy) is 2. The van der Waals surface area contributed by atoms with Gasteiger partial charge in [0.1, 0.15) is 0 Å². The van der Waals surface area contributed by atoms with Gasteiger partial charge in [-0.2, -0.15) is 0 Å². The molecule has 12 nitrogen and oxygen atoms in total. The molecule has 0 bridgehead atoms. The fraction of sp³-hybridized carbons (Fsp3) is 0.382. The number of hydroxylamine groups is 1. The molecular formula is C34H40N6O6S. The van der Waals surface area contributed by atoms with Crippen LogP contribution in [0.4, 0.5) is 0 Å². The molecule has 13 heteroatoms. The lowest BCUT2D eigenvalue weighted by molar-refractivity contribution is -0.245. The van der Waals surface area contributed by atoms with Crippen LogP contribution in [-0.2, 0) is 39.3 Å². The average molecular weight is 661 g/mol. The summed E-state index contributed by atoms with van der Waals surface area (Å²) in [6, 6.07) is 24.0. The molecule has 4 N–H and O–H groups in total. The molecule has 0 spiro atoms. The van der Waals surface area contributed by atoms with Crippen LogP contribution < -0.4 is 10.8 Å². The van der Waals surface area contributed by atoms with E-state index < -0.39 is 12.2 Å². The molecule has 5 rings (SSSR count). The number of hydrogen-bond donors (Lipinski definition) is 4. The summed E-state index contributed by atoms with van der Waals surface area (Å²) < 4.78 is 14.6. The van der Waals surface area contributed by atoms with Gasteiger partial charge in [-0.1, -0.05) is 84.9 Å². The third kappa shape index (κ3) is 9.92. The molecule has 1 saturated heterocycles. The van der Waals surface area contributed by atoms with Gasteiger partial charge < -0.3 is 19.9 Å². The molecule has 4 aromatic rings. The van der Waals surface area contributed by atoms with Crippen molar-refractivity contribution >= 4 is 23.6 Å². The van der Waals surface area contributed by atoms with Crippen LogP contribution in [0.15, 0.2) is 78.0 Å². The second kappa shape index (κ2) is 17.1. The van der Waals surface area contributed by atoms with Crippen LogP contribution in [0.5, 0.6) is 0 Å². The van der Waals surface area contributed by atoms with Crippen molar-refractivity contribution in [1.29, 1.82) is 0 Å². The van der Waals surface area contributed by atoms with Crippen LogP contribution >= 0.6 is 11.8 Å². The van der Waals surface area contributed by atoms with Crippen molar-refractivity contribution in [2.24, 2.45) is 7.05 Å². The highest BCUT2D eigenvalue weighted by Gasteiger charge is 2.32. The summed E-state index contributed by atoms with van der Waals surface area (Å²) in [5.41, 5.74) is 7.45. The number of thioether (sulfide) groups is 1. The van der Waals surface area contributed by atoms with Crippen LogP contribution in [-0.4, -0.2) is 54.2 Å². The monoisotopic (exact) mass is 660 g/mol. The molecule has 0 saturated carbocycles. The molecule has 3 atom stereocenters. The maximum Gasteiger partial charge on any atom is 0.243 e. The minimum absolute atomic E-state index is 0.0110. The molecule has 1 fully saturated rings. The number of benzene rings is 3. The number of tetrazole rings is 1. The highest BCUT2D eigenvalue weighted by molar-refractivity contribution is 7.99. The molecule has 2 amide bonds. The number of aromatic nitrogens is 4. The molecule has 0 unspecified atom stereocenters. The van der Waals surface area contributed by atoms with E-state index in [0.717, 1.165) is 39.8 Å². The predicted octanol–water partition coefficient (Wildman–Crippen LogP) is 4.78. The Hall–Kier alpha value is -4.14. The molecule has 1 aromatic heterocycles. The van der Waals surface area contributed by atoms with Crippen molar-refractivity contribution in [1.82, 2.24) is 31.0 Å². The topological polar surface area (TPSA) is 161 Å². The van der Waals surface area contributed by atoms with E-state index in [1.807, 2.05) is 73.8 Å². The van der Waals surface area contributed by atoms with Crippen LogP contribution in [0.1, 0.15) is 73.2 Å². The first-order valence-corrected chi connectivity index (χ1v) is 16.6. The molecule has 1 aliphatic heterocycles. The molecule has 1 aliphatic rings. The number of carbonyl (C=O) groups is 2. The first-order chi connectivity index (χ1) is 22.9. The molecule has 248 valence electrons. The van der Waals surface area contributed by atoms with E-state index in [9.17, 15) is 14.7 Å². The van der Waals surface area contributed by atoms with Crippen molar-refractivity contribution in [2.75, 3.05) is 5.75 Å². The zero-order valence-electron chi connectivity index (χ0n) is 26.2. The lowest BCUT2D eigenvalue weighted by Gasteiger charge is -2.36. The summed E-state index contributed by atoms with van der Waals surface area (Å²) in [5, 5.41) is 33.4. The van der Waals surface area contributed by atoms with Crippen LogP contribution in [0.2, 0.25) is 0 Å². The van der Waals surface area contributed by atoms with Gasteiger partial charge in [0.15, 0.2) is 6.29 Å². The Bertz CT molecular complexity index is 1600. The van der Waals surface area contributed by atoms with E-state index in [-0.39, 0.29) is 31.1 Å².